The number of nitrogens with zero attached hydrogens (tertiary/aromatic N) is 1. The van der Waals surface area contributed by atoms with E-state index in [1.54, 1.807) is 13.1 Å². The third-order valence-corrected chi connectivity index (χ3v) is 6.68. The lowest BCUT2D eigenvalue weighted by molar-refractivity contribution is -0.0265. The summed E-state index contributed by atoms with van der Waals surface area (Å²) < 4.78 is 29.6. The monoisotopic (exact) mass is 557 g/mol. The third kappa shape index (κ3) is 7.18. The molecule has 1 saturated heterocycles. The molecular weight excluding hydrogens is 525 g/mol. The first-order chi connectivity index (χ1) is 14.4. The smallest absolute Gasteiger partial charge is 0.191 e. The van der Waals surface area contributed by atoms with E-state index in [0.29, 0.717) is 17.4 Å². The van der Waals surface area contributed by atoms with Crippen LogP contribution in [0.25, 0.3) is 0 Å². The molecule has 0 spiro atoms. The van der Waals surface area contributed by atoms with Gasteiger partial charge in [0, 0.05) is 38.9 Å². The molecule has 170 valence electrons. The van der Waals surface area contributed by atoms with Crippen LogP contribution in [-0.4, -0.2) is 40.8 Å². The van der Waals surface area contributed by atoms with Crippen molar-refractivity contribution in [3.05, 3.63) is 65.2 Å². The van der Waals surface area contributed by atoms with Crippen LogP contribution in [0.3, 0.4) is 0 Å². The predicted molar refractivity (Wildman–Crippen MR) is 136 cm³/mol. The second kappa shape index (κ2) is 11.8. The van der Waals surface area contributed by atoms with Gasteiger partial charge in [0.05, 0.1) is 11.0 Å². The average molecular weight is 557 g/mol. The summed E-state index contributed by atoms with van der Waals surface area (Å²) in [5.74, 6) is 1.09. The lowest BCUT2D eigenvalue weighted by atomic mass is 9.89. The number of rotatable bonds is 6. The van der Waals surface area contributed by atoms with E-state index in [1.807, 2.05) is 25.1 Å². The molecule has 0 radical (unpaired) electrons. The lowest BCUT2D eigenvalue weighted by Gasteiger charge is -2.32. The van der Waals surface area contributed by atoms with Crippen molar-refractivity contribution in [3.63, 3.8) is 0 Å². The van der Waals surface area contributed by atoms with Crippen LogP contribution in [-0.2, 0) is 21.1 Å². The quantitative estimate of drug-likeness (QED) is 0.321. The maximum Gasteiger partial charge on any atom is 0.191 e. The summed E-state index contributed by atoms with van der Waals surface area (Å²) in [4.78, 5) is 4.70. The number of halogens is 1. The van der Waals surface area contributed by atoms with Gasteiger partial charge in [-0.3, -0.25) is 4.99 Å². The standard InChI is InChI=1S/C23H31N3O3S.HI/c1-17-14-18(11-12-21(17)30(3,27)28)15-25-23(24-2)26-16-20-10-7-13-29-22(20)19-8-5-4-6-9-19;/h4-6,8-9,11-12,14,20,22H,7,10,13,15-16H2,1-3H3,(H2,24,25,26);1H. The number of nitrogens with one attached hydrogen (secondary N) is 2. The molecule has 1 aliphatic rings. The molecule has 1 heterocycles. The van der Waals surface area contributed by atoms with Crippen LogP contribution in [0.1, 0.15) is 35.6 Å². The van der Waals surface area contributed by atoms with Gasteiger partial charge in [-0.15, -0.1) is 24.0 Å². The van der Waals surface area contributed by atoms with E-state index in [-0.39, 0.29) is 30.1 Å². The molecule has 0 bridgehead atoms. The van der Waals surface area contributed by atoms with Gasteiger partial charge in [0.15, 0.2) is 15.8 Å². The van der Waals surface area contributed by atoms with Crippen molar-refractivity contribution in [1.29, 1.82) is 0 Å². The Morgan fingerprint density at radius 1 is 1.16 bits per heavy atom. The largest absolute Gasteiger partial charge is 0.373 e. The van der Waals surface area contributed by atoms with Crippen LogP contribution in [0.5, 0.6) is 0 Å². The van der Waals surface area contributed by atoms with Crippen LogP contribution < -0.4 is 10.6 Å². The maximum absolute atomic E-state index is 11.8. The van der Waals surface area contributed by atoms with Crippen LogP contribution in [0.2, 0.25) is 0 Å². The SMILES string of the molecule is CN=C(NCc1ccc(S(C)(=O)=O)c(C)c1)NCC1CCCOC1c1ccccc1.I. The van der Waals surface area contributed by atoms with Crippen molar-refractivity contribution < 1.29 is 13.2 Å². The number of benzene rings is 2. The van der Waals surface area contributed by atoms with Crippen molar-refractivity contribution in [1.82, 2.24) is 10.6 Å². The Kier molecular flexibility index (Phi) is 9.77. The van der Waals surface area contributed by atoms with E-state index < -0.39 is 9.84 Å². The molecule has 6 nitrogen and oxygen atoms in total. The molecule has 1 aliphatic heterocycles. The number of ether oxygens (including phenoxy) is 1. The van der Waals surface area contributed by atoms with Crippen molar-refractivity contribution in [2.75, 3.05) is 26.5 Å². The molecule has 2 aromatic carbocycles. The highest BCUT2D eigenvalue weighted by Gasteiger charge is 2.27. The zero-order valence-electron chi connectivity index (χ0n) is 18.3. The molecule has 0 aliphatic carbocycles. The molecule has 0 amide bonds. The van der Waals surface area contributed by atoms with Crippen LogP contribution >= 0.6 is 24.0 Å². The summed E-state index contributed by atoms with van der Waals surface area (Å²) in [5, 5.41) is 6.74. The topological polar surface area (TPSA) is 79.8 Å². The highest BCUT2D eigenvalue weighted by atomic mass is 127. The first kappa shape index (κ1) is 25.6. The van der Waals surface area contributed by atoms with Gasteiger partial charge in [0.2, 0.25) is 0 Å². The maximum atomic E-state index is 11.8. The number of guanidine groups is 1. The second-order valence-corrected chi connectivity index (χ2v) is 9.77. The molecule has 2 aromatic rings. The predicted octanol–water partition coefficient (Wildman–Crippen LogP) is 3.85. The molecule has 0 saturated carbocycles. The van der Waals surface area contributed by atoms with E-state index >= 15 is 0 Å². The van der Waals surface area contributed by atoms with Crippen molar-refractivity contribution in [2.45, 2.75) is 37.3 Å². The van der Waals surface area contributed by atoms with Crippen LogP contribution in [0.4, 0.5) is 0 Å². The highest BCUT2D eigenvalue weighted by Crippen LogP contribution is 2.33. The van der Waals surface area contributed by atoms with E-state index in [2.05, 4.69) is 39.9 Å². The molecule has 2 N–H and O–H groups in total. The Bertz CT molecular complexity index is 981. The first-order valence-corrected chi connectivity index (χ1v) is 12.2. The molecule has 1 fully saturated rings. The summed E-state index contributed by atoms with van der Waals surface area (Å²) in [6.07, 6.45) is 3.50. The minimum Gasteiger partial charge on any atom is -0.373 e. The third-order valence-electron chi connectivity index (χ3n) is 5.43. The molecular formula is C23H32IN3O3S. The fourth-order valence-electron chi connectivity index (χ4n) is 3.94. The van der Waals surface area contributed by atoms with Crippen molar-refractivity contribution in [2.24, 2.45) is 10.9 Å². The van der Waals surface area contributed by atoms with Gasteiger partial charge in [-0.2, -0.15) is 0 Å². The zero-order chi connectivity index (χ0) is 21.6. The summed E-state index contributed by atoms with van der Waals surface area (Å²) in [5.41, 5.74) is 2.98. The zero-order valence-corrected chi connectivity index (χ0v) is 21.4. The van der Waals surface area contributed by atoms with Crippen molar-refractivity contribution >= 4 is 39.8 Å². The molecule has 8 heteroatoms. The summed E-state index contributed by atoms with van der Waals surface area (Å²) in [6, 6.07) is 15.8. The number of aryl methyl sites for hydroxylation is 1. The number of aliphatic imine (C=N–C) groups is 1. The Hall–Kier alpha value is -1.65. The molecule has 3 rings (SSSR count). The number of hydrogen-bond donors (Lipinski definition) is 2. The summed E-state index contributed by atoms with van der Waals surface area (Å²) >= 11 is 0. The Labute approximate surface area is 202 Å². The minimum absolute atomic E-state index is 0. The van der Waals surface area contributed by atoms with E-state index in [1.165, 1.54) is 11.8 Å². The van der Waals surface area contributed by atoms with Gasteiger partial charge in [0.25, 0.3) is 0 Å². The van der Waals surface area contributed by atoms with Crippen LogP contribution in [0.15, 0.2) is 58.4 Å². The average Bonchev–Trinajstić information content (AvgIpc) is 2.74. The lowest BCUT2D eigenvalue weighted by Crippen LogP contribution is -2.41. The van der Waals surface area contributed by atoms with Crippen molar-refractivity contribution in [3.8, 4) is 0 Å². The molecule has 31 heavy (non-hydrogen) atoms. The molecule has 2 atom stereocenters. The highest BCUT2D eigenvalue weighted by molar-refractivity contribution is 14.0. The van der Waals surface area contributed by atoms with Gasteiger partial charge < -0.3 is 15.4 Å². The van der Waals surface area contributed by atoms with Crippen LogP contribution in [0, 0.1) is 12.8 Å². The van der Waals surface area contributed by atoms with E-state index in [0.717, 1.165) is 43.1 Å². The first-order valence-electron chi connectivity index (χ1n) is 10.3. The van der Waals surface area contributed by atoms with Gasteiger partial charge in [-0.25, -0.2) is 8.42 Å². The van der Waals surface area contributed by atoms with Gasteiger partial charge in [0.1, 0.15) is 0 Å². The van der Waals surface area contributed by atoms with E-state index in [4.69, 9.17) is 4.74 Å². The summed E-state index contributed by atoms with van der Waals surface area (Å²) in [6.45, 7) is 3.95. The molecule has 0 aromatic heterocycles. The van der Waals surface area contributed by atoms with E-state index in [9.17, 15) is 8.42 Å². The fraction of sp³-hybridized carbons (Fsp3) is 0.435. The normalized spacial score (nSPS) is 19.4. The fourth-order valence-corrected chi connectivity index (χ4v) is 4.89. The Morgan fingerprint density at radius 3 is 2.55 bits per heavy atom. The number of hydrogen-bond acceptors (Lipinski definition) is 4. The van der Waals surface area contributed by atoms with Gasteiger partial charge in [-0.05, 0) is 42.5 Å². The molecule has 2 unspecified atom stereocenters. The van der Waals surface area contributed by atoms with Gasteiger partial charge in [-0.1, -0.05) is 42.5 Å². The Morgan fingerprint density at radius 2 is 1.90 bits per heavy atom. The summed E-state index contributed by atoms with van der Waals surface area (Å²) in [7, 11) is -1.45. The minimum atomic E-state index is -3.20. The number of sulfone groups is 1. The Balaban J connectivity index is 0.00000341. The van der Waals surface area contributed by atoms with Gasteiger partial charge >= 0.3 is 0 Å². The second-order valence-electron chi connectivity index (χ2n) is 7.78.